The number of rotatable bonds is 6. The van der Waals surface area contributed by atoms with Gasteiger partial charge in [-0.1, -0.05) is 30.3 Å². The van der Waals surface area contributed by atoms with Gasteiger partial charge in [-0.3, -0.25) is 0 Å². The molecule has 0 aliphatic heterocycles. The summed E-state index contributed by atoms with van der Waals surface area (Å²) in [7, 11) is 1.36. The van der Waals surface area contributed by atoms with Crippen LogP contribution < -0.4 is 10.1 Å². The summed E-state index contributed by atoms with van der Waals surface area (Å²) in [5.74, 6) is 0.734. The Morgan fingerprint density at radius 2 is 2.00 bits per heavy atom. The van der Waals surface area contributed by atoms with E-state index in [9.17, 15) is 4.79 Å². The van der Waals surface area contributed by atoms with Crippen LogP contribution in [0.2, 0.25) is 0 Å². The summed E-state index contributed by atoms with van der Waals surface area (Å²) in [4.78, 5) is 16.3. The second-order valence-corrected chi connectivity index (χ2v) is 4.29. The van der Waals surface area contributed by atoms with Crippen LogP contribution >= 0.6 is 0 Å². The van der Waals surface area contributed by atoms with Gasteiger partial charge in [-0.2, -0.15) is 0 Å². The molecule has 1 aromatic heterocycles. The fourth-order valence-electron chi connectivity index (χ4n) is 1.95. The van der Waals surface area contributed by atoms with Crippen molar-refractivity contribution in [3.63, 3.8) is 0 Å². The van der Waals surface area contributed by atoms with Crippen LogP contribution in [0.5, 0.6) is 5.75 Å². The van der Waals surface area contributed by atoms with Crippen molar-refractivity contribution in [1.29, 1.82) is 0 Å². The van der Waals surface area contributed by atoms with Gasteiger partial charge >= 0.3 is 5.97 Å². The van der Waals surface area contributed by atoms with E-state index >= 15 is 0 Å². The topological polar surface area (TPSA) is 60.5 Å². The third-order valence-electron chi connectivity index (χ3n) is 2.92. The van der Waals surface area contributed by atoms with E-state index in [2.05, 4.69) is 10.3 Å². The van der Waals surface area contributed by atoms with E-state index in [0.29, 0.717) is 18.2 Å². The number of anilines is 1. The Bertz CT molecular complexity index is 587. The molecule has 0 saturated heterocycles. The standard InChI is InChI=1S/C16H18N2O3/c1-3-21-13-10-7-11-17-15(13)18-14(16(19)20-2)12-8-5-4-6-9-12/h4-11,14H,3H2,1-2H3,(H,17,18). The van der Waals surface area contributed by atoms with E-state index in [4.69, 9.17) is 9.47 Å². The first-order valence-corrected chi connectivity index (χ1v) is 6.73. The number of nitrogens with zero attached hydrogens (tertiary/aromatic N) is 1. The second kappa shape index (κ2) is 7.28. The highest BCUT2D eigenvalue weighted by atomic mass is 16.5. The van der Waals surface area contributed by atoms with Crippen LogP contribution in [0.15, 0.2) is 48.7 Å². The molecule has 0 saturated carbocycles. The summed E-state index contributed by atoms with van der Waals surface area (Å²) < 4.78 is 10.4. The zero-order chi connectivity index (χ0) is 15.1. The number of carbonyl (C=O) groups is 1. The Hall–Kier alpha value is -2.56. The van der Waals surface area contributed by atoms with Crippen molar-refractivity contribution in [2.75, 3.05) is 19.0 Å². The predicted octanol–water partition coefficient (Wildman–Crippen LogP) is 2.81. The van der Waals surface area contributed by atoms with Crippen molar-refractivity contribution in [1.82, 2.24) is 4.98 Å². The average Bonchev–Trinajstić information content (AvgIpc) is 2.54. The first-order chi connectivity index (χ1) is 10.3. The molecule has 0 aliphatic carbocycles. The quantitative estimate of drug-likeness (QED) is 0.827. The summed E-state index contributed by atoms with van der Waals surface area (Å²) in [6.45, 7) is 2.42. The van der Waals surface area contributed by atoms with E-state index < -0.39 is 6.04 Å². The van der Waals surface area contributed by atoms with E-state index in [1.54, 1.807) is 18.3 Å². The molecular weight excluding hydrogens is 268 g/mol. The number of carbonyl (C=O) groups excluding carboxylic acids is 1. The molecule has 0 amide bonds. The van der Waals surface area contributed by atoms with Crippen LogP contribution in [0.3, 0.4) is 0 Å². The lowest BCUT2D eigenvalue weighted by molar-refractivity contribution is -0.141. The summed E-state index contributed by atoms with van der Waals surface area (Å²) in [5.41, 5.74) is 0.803. The highest BCUT2D eigenvalue weighted by molar-refractivity contribution is 5.81. The minimum atomic E-state index is -0.634. The van der Waals surface area contributed by atoms with Crippen LogP contribution in [0.4, 0.5) is 5.82 Å². The van der Waals surface area contributed by atoms with Gasteiger partial charge in [-0.25, -0.2) is 9.78 Å². The molecule has 1 N–H and O–H groups in total. The molecule has 0 spiro atoms. The molecule has 5 nitrogen and oxygen atoms in total. The Morgan fingerprint density at radius 1 is 1.24 bits per heavy atom. The Morgan fingerprint density at radius 3 is 2.67 bits per heavy atom. The third-order valence-corrected chi connectivity index (χ3v) is 2.92. The van der Waals surface area contributed by atoms with Gasteiger partial charge in [0.05, 0.1) is 13.7 Å². The number of hydrogen-bond acceptors (Lipinski definition) is 5. The Labute approximate surface area is 123 Å². The molecule has 1 aromatic carbocycles. The number of ether oxygens (including phenoxy) is 2. The number of nitrogens with one attached hydrogen (secondary N) is 1. The minimum absolute atomic E-state index is 0.380. The predicted molar refractivity (Wildman–Crippen MR) is 80.2 cm³/mol. The molecule has 0 bridgehead atoms. The van der Waals surface area contributed by atoms with Gasteiger partial charge < -0.3 is 14.8 Å². The fraction of sp³-hybridized carbons (Fsp3) is 0.250. The number of methoxy groups -OCH3 is 1. The first kappa shape index (κ1) is 14.8. The third kappa shape index (κ3) is 3.72. The lowest BCUT2D eigenvalue weighted by Gasteiger charge is -2.19. The zero-order valence-corrected chi connectivity index (χ0v) is 12.1. The maximum Gasteiger partial charge on any atom is 0.333 e. The molecule has 1 atom stereocenters. The van der Waals surface area contributed by atoms with Gasteiger partial charge in [0.25, 0.3) is 0 Å². The number of benzene rings is 1. The van der Waals surface area contributed by atoms with Crippen molar-refractivity contribution in [3.05, 3.63) is 54.2 Å². The lowest BCUT2D eigenvalue weighted by Crippen LogP contribution is -2.23. The van der Waals surface area contributed by atoms with Crippen molar-refractivity contribution >= 4 is 11.8 Å². The monoisotopic (exact) mass is 286 g/mol. The fourth-order valence-corrected chi connectivity index (χ4v) is 1.95. The molecule has 0 fully saturated rings. The molecule has 2 rings (SSSR count). The van der Waals surface area contributed by atoms with Crippen LogP contribution in [-0.4, -0.2) is 24.7 Å². The molecule has 0 aliphatic rings. The number of aromatic nitrogens is 1. The highest BCUT2D eigenvalue weighted by Crippen LogP contribution is 2.26. The molecule has 5 heteroatoms. The van der Waals surface area contributed by atoms with Gasteiger partial charge in [0, 0.05) is 6.20 Å². The largest absolute Gasteiger partial charge is 0.490 e. The molecule has 0 radical (unpaired) electrons. The van der Waals surface area contributed by atoms with E-state index in [-0.39, 0.29) is 5.97 Å². The average molecular weight is 286 g/mol. The normalized spacial score (nSPS) is 11.5. The maximum absolute atomic E-state index is 12.0. The molecule has 2 aromatic rings. The summed E-state index contributed by atoms with van der Waals surface area (Å²) in [5, 5.41) is 3.09. The van der Waals surface area contributed by atoms with Crippen LogP contribution in [0, 0.1) is 0 Å². The molecule has 1 unspecified atom stereocenters. The Kier molecular flexibility index (Phi) is 5.15. The SMILES string of the molecule is CCOc1cccnc1NC(C(=O)OC)c1ccccc1. The molecular formula is C16H18N2O3. The zero-order valence-electron chi connectivity index (χ0n) is 12.1. The number of pyridine rings is 1. The summed E-state index contributed by atoms with van der Waals surface area (Å²) >= 11 is 0. The molecule has 21 heavy (non-hydrogen) atoms. The van der Waals surface area contributed by atoms with Crippen LogP contribution in [-0.2, 0) is 9.53 Å². The smallest absolute Gasteiger partial charge is 0.333 e. The number of hydrogen-bond donors (Lipinski definition) is 1. The van der Waals surface area contributed by atoms with Crippen molar-refractivity contribution in [2.24, 2.45) is 0 Å². The molecule has 1 heterocycles. The van der Waals surface area contributed by atoms with Crippen molar-refractivity contribution in [2.45, 2.75) is 13.0 Å². The first-order valence-electron chi connectivity index (χ1n) is 6.73. The minimum Gasteiger partial charge on any atom is -0.490 e. The highest BCUT2D eigenvalue weighted by Gasteiger charge is 2.22. The Balaban J connectivity index is 2.30. The van der Waals surface area contributed by atoms with E-state index in [0.717, 1.165) is 5.56 Å². The maximum atomic E-state index is 12.0. The van der Waals surface area contributed by atoms with Crippen LogP contribution in [0.1, 0.15) is 18.5 Å². The molecule has 110 valence electrons. The second-order valence-electron chi connectivity index (χ2n) is 4.29. The van der Waals surface area contributed by atoms with Crippen molar-refractivity contribution < 1.29 is 14.3 Å². The van der Waals surface area contributed by atoms with E-state index in [1.807, 2.05) is 37.3 Å². The van der Waals surface area contributed by atoms with Gasteiger partial charge in [-0.05, 0) is 24.6 Å². The van der Waals surface area contributed by atoms with Gasteiger partial charge in [0.15, 0.2) is 17.6 Å². The lowest BCUT2D eigenvalue weighted by atomic mass is 10.1. The van der Waals surface area contributed by atoms with Gasteiger partial charge in [-0.15, -0.1) is 0 Å². The van der Waals surface area contributed by atoms with Crippen molar-refractivity contribution in [3.8, 4) is 5.75 Å². The summed E-state index contributed by atoms with van der Waals surface area (Å²) in [6.07, 6.45) is 1.64. The van der Waals surface area contributed by atoms with Crippen LogP contribution in [0.25, 0.3) is 0 Å². The van der Waals surface area contributed by atoms with Gasteiger partial charge in [0.1, 0.15) is 0 Å². The number of esters is 1. The summed E-state index contributed by atoms with van der Waals surface area (Å²) in [6, 6.07) is 12.3. The van der Waals surface area contributed by atoms with Gasteiger partial charge in [0.2, 0.25) is 0 Å². The van der Waals surface area contributed by atoms with E-state index in [1.165, 1.54) is 7.11 Å².